The Kier molecular flexibility index (Phi) is 6.16. The van der Waals surface area contributed by atoms with Crippen LogP contribution in [-0.2, 0) is 16.1 Å². The number of esters is 1. The number of unbranched alkanes of at least 4 members (excludes halogenated alkanes) is 1. The van der Waals surface area contributed by atoms with Gasteiger partial charge in [0.15, 0.2) is 0 Å². The monoisotopic (exact) mass is 389 g/mol. The van der Waals surface area contributed by atoms with Crippen molar-refractivity contribution in [3.63, 3.8) is 0 Å². The van der Waals surface area contributed by atoms with Crippen molar-refractivity contribution in [1.29, 1.82) is 0 Å². The van der Waals surface area contributed by atoms with Gasteiger partial charge in [0.1, 0.15) is 10.7 Å². The maximum Gasteiger partial charge on any atom is 0.344 e. The van der Waals surface area contributed by atoms with E-state index in [1.54, 1.807) is 23.7 Å². The average Bonchev–Trinajstić information content (AvgIpc) is 3.42. The number of aryl methyl sites for hydroxylation is 2. The Morgan fingerprint density at radius 2 is 2.04 bits per heavy atom. The van der Waals surface area contributed by atoms with E-state index in [4.69, 9.17) is 16.3 Å². The Hall–Kier alpha value is -2.34. The number of hydrogen-bond acceptors (Lipinski definition) is 4. The van der Waals surface area contributed by atoms with Gasteiger partial charge in [0.2, 0.25) is 6.10 Å². The largest absolute Gasteiger partial charge is 0.444 e. The smallest absolute Gasteiger partial charge is 0.344 e. The first kappa shape index (κ1) is 19.4. The van der Waals surface area contributed by atoms with E-state index in [0.717, 1.165) is 25.7 Å². The van der Waals surface area contributed by atoms with Crippen molar-refractivity contribution in [2.45, 2.75) is 58.2 Å². The van der Waals surface area contributed by atoms with Gasteiger partial charge < -0.3 is 10.1 Å². The van der Waals surface area contributed by atoms with Crippen LogP contribution in [-0.4, -0.2) is 27.7 Å². The molecule has 1 N–H and O–H groups in total. The van der Waals surface area contributed by atoms with Crippen LogP contribution in [0.3, 0.4) is 0 Å². The molecule has 1 aromatic heterocycles. The van der Waals surface area contributed by atoms with Gasteiger partial charge in [-0.15, -0.1) is 0 Å². The third-order valence-corrected chi connectivity index (χ3v) is 4.87. The molecule has 1 aliphatic carbocycles. The molecule has 1 amide bonds. The molecule has 1 heterocycles. The molecule has 1 aliphatic rings. The first-order valence-electron chi connectivity index (χ1n) is 9.30. The van der Waals surface area contributed by atoms with E-state index in [-0.39, 0.29) is 22.7 Å². The minimum Gasteiger partial charge on any atom is -0.444 e. The van der Waals surface area contributed by atoms with Gasteiger partial charge in [0.05, 0.1) is 5.69 Å². The number of nitrogens with one attached hydrogen (secondary N) is 1. The molecule has 1 aromatic carbocycles. The van der Waals surface area contributed by atoms with Crippen LogP contribution in [0.1, 0.15) is 60.3 Å². The number of nitrogens with zero attached hydrogens (tertiary/aromatic N) is 2. The van der Waals surface area contributed by atoms with Gasteiger partial charge in [-0.2, -0.15) is 5.10 Å². The van der Waals surface area contributed by atoms with Gasteiger partial charge in [-0.25, -0.2) is 4.79 Å². The quantitative estimate of drug-likeness (QED) is 0.696. The van der Waals surface area contributed by atoms with Crippen molar-refractivity contribution < 1.29 is 14.3 Å². The SMILES string of the molecule is CCCCn1nc(C)c(C(=O)O[C@@H](C(=O)NC2CC2)c2ccccc2)c1Cl. The summed E-state index contributed by atoms with van der Waals surface area (Å²) in [4.78, 5) is 25.5. The first-order valence-corrected chi connectivity index (χ1v) is 9.68. The van der Waals surface area contributed by atoms with Crippen molar-refractivity contribution in [3.05, 3.63) is 52.3 Å². The fourth-order valence-electron chi connectivity index (χ4n) is 2.81. The van der Waals surface area contributed by atoms with Crippen molar-refractivity contribution >= 4 is 23.5 Å². The molecule has 1 saturated carbocycles. The lowest BCUT2D eigenvalue weighted by atomic mass is 10.1. The Bertz CT molecular complexity index is 815. The maximum absolute atomic E-state index is 12.8. The maximum atomic E-state index is 12.8. The zero-order valence-corrected chi connectivity index (χ0v) is 16.3. The van der Waals surface area contributed by atoms with Crippen molar-refractivity contribution in [2.75, 3.05) is 0 Å². The number of rotatable bonds is 8. The minimum atomic E-state index is -1.02. The third-order valence-electron chi connectivity index (χ3n) is 4.48. The lowest BCUT2D eigenvalue weighted by Crippen LogP contribution is -2.33. The summed E-state index contributed by atoms with van der Waals surface area (Å²) in [5, 5.41) is 7.49. The van der Waals surface area contributed by atoms with Crippen LogP contribution in [0.15, 0.2) is 30.3 Å². The summed E-state index contributed by atoms with van der Waals surface area (Å²) in [5.74, 6) is -0.954. The molecule has 1 atom stereocenters. The number of aromatic nitrogens is 2. The second kappa shape index (κ2) is 8.57. The highest BCUT2D eigenvalue weighted by atomic mass is 35.5. The Morgan fingerprint density at radius 1 is 1.33 bits per heavy atom. The molecule has 2 aromatic rings. The van der Waals surface area contributed by atoms with Crippen molar-refractivity contribution in [2.24, 2.45) is 0 Å². The molecule has 144 valence electrons. The second-order valence-corrected chi connectivity index (χ2v) is 7.16. The van der Waals surface area contributed by atoms with Crippen LogP contribution in [0.5, 0.6) is 0 Å². The molecule has 0 spiro atoms. The molecular weight excluding hydrogens is 366 g/mol. The van der Waals surface area contributed by atoms with Gasteiger partial charge in [0, 0.05) is 18.2 Å². The molecule has 7 heteroatoms. The zero-order chi connectivity index (χ0) is 19.4. The van der Waals surface area contributed by atoms with Crippen LogP contribution >= 0.6 is 11.6 Å². The molecule has 3 rings (SSSR count). The molecule has 0 aliphatic heterocycles. The van der Waals surface area contributed by atoms with Gasteiger partial charge >= 0.3 is 5.97 Å². The van der Waals surface area contributed by atoms with Gasteiger partial charge in [0.25, 0.3) is 5.91 Å². The number of benzene rings is 1. The van der Waals surface area contributed by atoms with E-state index in [2.05, 4.69) is 17.3 Å². The van der Waals surface area contributed by atoms with E-state index in [1.165, 1.54) is 0 Å². The van der Waals surface area contributed by atoms with Crippen LogP contribution < -0.4 is 5.32 Å². The highest BCUT2D eigenvalue weighted by Gasteiger charge is 2.32. The molecule has 27 heavy (non-hydrogen) atoms. The Morgan fingerprint density at radius 3 is 2.67 bits per heavy atom. The average molecular weight is 390 g/mol. The Labute approximate surface area is 163 Å². The second-order valence-electron chi connectivity index (χ2n) is 6.81. The molecule has 6 nitrogen and oxygen atoms in total. The predicted molar refractivity (Wildman–Crippen MR) is 103 cm³/mol. The first-order chi connectivity index (χ1) is 13.0. The number of ether oxygens (including phenoxy) is 1. The van der Waals surface area contributed by atoms with Crippen LogP contribution in [0.25, 0.3) is 0 Å². The third kappa shape index (κ3) is 4.69. The molecule has 0 radical (unpaired) electrons. The number of hydrogen-bond donors (Lipinski definition) is 1. The molecule has 0 saturated heterocycles. The standard InChI is InChI=1S/C20H24ClN3O3/c1-3-4-12-24-18(21)16(13(2)23-24)20(26)27-17(14-8-6-5-7-9-14)19(25)22-15-10-11-15/h5-9,15,17H,3-4,10-12H2,1-2H3,(H,22,25)/t17-/m1/s1. The summed E-state index contributed by atoms with van der Waals surface area (Å²) < 4.78 is 7.21. The van der Waals surface area contributed by atoms with Gasteiger partial charge in [-0.05, 0) is 26.2 Å². The van der Waals surface area contributed by atoms with E-state index in [0.29, 0.717) is 17.8 Å². The van der Waals surface area contributed by atoms with Crippen LogP contribution in [0.4, 0.5) is 0 Å². The molecule has 1 fully saturated rings. The normalized spacial score (nSPS) is 14.6. The minimum absolute atomic E-state index is 0.171. The number of carbonyl (C=O) groups is 2. The summed E-state index contributed by atoms with van der Waals surface area (Å²) in [6, 6.07) is 9.17. The summed E-state index contributed by atoms with van der Waals surface area (Å²) in [7, 11) is 0. The fourth-order valence-corrected chi connectivity index (χ4v) is 3.15. The number of halogens is 1. The lowest BCUT2D eigenvalue weighted by molar-refractivity contribution is -0.130. The van der Waals surface area contributed by atoms with E-state index in [9.17, 15) is 9.59 Å². The summed E-state index contributed by atoms with van der Waals surface area (Å²) >= 11 is 6.36. The molecular formula is C20H24ClN3O3. The van der Waals surface area contributed by atoms with E-state index in [1.807, 2.05) is 18.2 Å². The van der Waals surface area contributed by atoms with E-state index < -0.39 is 12.1 Å². The predicted octanol–water partition coefficient (Wildman–Crippen LogP) is 3.82. The van der Waals surface area contributed by atoms with Crippen LogP contribution in [0, 0.1) is 6.92 Å². The van der Waals surface area contributed by atoms with Gasteiger partial charge in [-0.1, -0.05) is 55.3 Å². The van der Waals surface area contributed by atoms with Crippen molar-refractivity contribution in [3.8, 4) is 0 Å². The zero-order valence-electron chi connectivity index (χ0n) is 15.6. The van der Waals surface area contributed by atoms with Crippen molar-refractivity contribution in [1.82, 2.24) is 15.1 Å². The highest BCUT2D eigenvalue weighted by Crippen LogP contribution is 2.27. The molecule has 0 bridgehead atoms. The summed E-state index contributed by atoms with van der Waals surface area (Å²) in [5.41, 5.74) is 1.33. The lowest BCUT2D eigenvalue weighted by Gasteiger charge is -2.18. The highest BCUT2D eigenvalue weighted by molar-refractivity contribution is 6.32. The van der Waals surface area contributed by atoms with Crippen LogP contribution in [0.2, 0.25) is 5.15 Å². The molecule has 0 unspecified atom stereocenters. The fraction of sp³-hybridized carbons (Fsp3) is 0.450. The topological polar surface area (TPSA) is 73.2 Å². The Balaban J connectivity index is 1.82. The summed E-state index contributed by atoms with van der Waals surface area (Å²) in [6.07, 6.45) is 2.79. The van der Waals surface area contributed by atoms with Gasteiger partial charge in [-0.3, -0.25) is 9.48 Å². The van der Waals surface area contributed by atoms with E-state index >= 15 is 0 Å². The summed E-state index contributed by atoms with van der Waals surface area (Å²) in [6.45, 7) is 4.42. The number of carbonyl (C=O) groups excluding carboxylic acids is 2. The number of amides is 1.